The van der Waals surface area contributed by atoms with Crippen molar-refractivity contribution < 1.29 is 19.4 Å². The van der Waals surface area contributed by atoms with Crippen LogP contribution in [0, 0.1) is 0 Å². The molecule has 0 heterocycles. The van der Waals surface area contributed by atoms with E-state index in [0.717, 1.165) is 12.8 Å². The molecule has 0 aromatic carbocycles. The Labute approximate surface area is 89.9 Å². The van der Waals surface area contributed by atoms with Gasteiger partial charge >= 0.3 is 5.97 Å². The van der Waals surface area contributed by atoms with Crippen LogP contribution in [0.15, 0.2) is 12.2 Å². The zero-order valence-electron chi connectivity index (χ0n) is 9.07. The Balaban J connectivity index is 2.29. The molecule has 0 aliphatic heterocycles. The average Bonchev–Trinajstić information content (AvgIpc) is 2.22. The molecule has 1 aliphatic carbocycles. The highest BCUT2D eigenvalue weighted by Crippen LogP contribution is 2.21. The molecule has 1 aliphatic rings. The fourth-order valence-corrected chi connectivity index (χ4v) is 1.63. The largest absolute Gasteiger partial charge is 0.459 e. The van der Waals surface area contributed by atoms with Crippen molar-refractivity contribution in [1.82, 2.24) is 0 Å². The maximum Gasteiger partial charge on any atom is 0.336 e. The Kier molecular flexibility index (Phi) is 4.78. The number of aliphatic hydroxyl groups is 1. The zero-order valence-corrected chi connectivity index (χ0v) is 9.07. The third-order valence-electron chi connectivity index (χ3n) is 2.52. The second-order valence-corrected chi connectivity index (χ2v) is 3.87. The number of rotatable bonds is 4. The van der Waals surface area contributed by atoms with Crippen LogP contribution in [-0.2, 0) is 14.3 Å². The Morgan fingerprint density at radius 2 is 2.00 bits per heavy atom. The lowest BCUT2D eigenvalue weighted by Crippen LogP contribution is -2.27. The van der Waals surface area contributed by atoms with Gasteiger partial charge in [0.15, 0.2) is 0 Å². The van der Waals surface area contributed by atoms with Gasteiger partial charge in [0.2, 0.25) is 0 Å². The van der Waals surface area contributed by atoms with E-state index in [1.807, 2.05) is 0 Å². The SMILES string of the molecule is C=C(COC)C(=O)OC1CCC(O)CC1. The molecule has 0 radical (unpaired) electrons. The molecule has 0 saturated heterocycles. The number of esters is 1. The summed E-state index contributed by atoms with van der Waals surface area (Å²) < 4.78 is 10.0. The van der Waals surface area contributed by atoms with Gasteiger partial charge < -0.3 is 14.6 Å². The number of aliphatic hydroxyl groups excluding tert-OH is 1. The van der Waals surface area contributed by atoms with E-state index in [2.05, 4.69) is 6.58 Å². The van der Waals surface area contributed by atoms with Crippen LogP contribution in [0.4, 0.5) is 0 Å². The highest BCUT2D eigenvalue weighted by molar-refractivity contribution is 5.88. The highest BCUT2D eigenvalue weighted by Gasteiger charge is 2.23. The van der Waals surface area contributed by atoms with Crippen molar-refractivity contribution in [2.45, 2.75) is 37.9 Å². The number of methoxy groups -OCH3 is 1. The number of ether oxygens (including phenoxy) is 2. The van der Waals surface area contributed by atoms with Crippen molar-refractivity contribution in [3.63, 3.8) is 0 Å². The predicted molar refractivity (Wildman–Crippen MR) is 55.4 cm³/mol. The molecule has 0 bridgehead atoms. The molecule has 0 unspecified atom stereocenters. The Hall–Kier alpha value is -0.870. The third-order valence-corrected chi connectivity index (χ3v) is 2.52. The van der Waals surface area contributed by atoms with Crippen molar-refractivity contribution in [3.05, 3.63) is 12.2 Å². The summed E-state index contributed by atoms with van der Waals surface area (Å²) in [7, 11) is 1.51. The van der Waals surface area contributed by atoms with Gasteiger partial charge in [0, 0.05) is 7.11 Å². The van der Waals surface area contributed by atoms with E-state index < -0.39 is 5.97 Å². The topological polar surface area (TPSA) is 55.8 Å². The number of hydrogen-bond donors (Lipinski definition) is 1. The molecule has 1 rings (SSSR count). The molecule has 1 N–H and O–H groups in total. The first-order valence-corrected chi connectivity index (χ1v) is 5.19. The van der Waals surface area contributed by atoms with Crippen molar-refractivity contribution in [3.8, 4) is 0 Å². The van der Waals surface area contributed by atoms with Gasteiger partial charge in [0.1, 0.15) is 6.10 Å². The quantitative estimate of drug-likeness (QED) is 0.561. The third kappa shape index (κ3) is 4.01. The van der Waals surface area contributed by atoms with E-state index in [0.29, 0.717) is 18.4 Å². The van der Waals surface area contributed by atoms with E-state index in [9.17, 15) is 9.90 Å². The lowest BCUT2D eigenvalue weighted by atomic mass is 9.95. The first-order chi connectivity index (χ1) is 7.13. The van der Waals surface area contributed by atoms with Crippen molar-refractivity contribution in [1.29, 1.82) is 0 Å². The van der Waals surface area contributed by atoms with E-state index >= 15 is 0 Å². The summed E-state index contributed by atoms with van der Waals surface area (Å²) in [5, 5.41) is 9.28. The Morgan fingerprint density at radius 1 is 1.40 bits per heavy atom. The van der Waals surface area contributed by atoms with Crippen molar-refractivity contribution >= 4 is 5.97 Å². The smallest absolute Gasteiger partial charge is 0.336 e. The molecule has 0 amide bonds. The van der Waals surface area contributed by atoms with E-state index in [-0.39, 0.29) is 18.8 Å². The van der Waals surface area contributed by atoms with Crippen LogP contribution in [0.5, 0.6) is 0 Å². The molecule has 15 heavy (non-hydrogen) atoms. The summed E-state index contributed by atoms with van der Waals surface area (Å²) in [4.78, 5) is 11.4. The van der Waals surface area contributed by atoms with Crippen molar-refractivity contribution in [2.24, 2.45) is 0 Å². The minimum atomic E-state index is -0.391. The Bertz CT molecular complexity index is 229. The maximum absolute atomic E-state index is 11.4. The monoisotopic (exact) mass is 214 g/mol. The van der Waals surface area contributed by atoms with Gasteiger partial charge in [-0.1, -0.05) is 6.58 Å². The van der Waals surface area contributed by atoms with Gasteiger partial charge in [-0.15, -0.1) is 0 Å². The van der Waals surface area contributed by atoms with Gasteiger partial charge in [-0.2, -0.15) is 0 Å². The van der Waals surface area contributed by atoms with Crippen LogP contribution in [-0.4, -0.2) is 37.0 Å². The molecule has 86 valence electrons. The minimum absolute atomic E-state index is 0.0745. The van der Waals surface area contributed by atoms with Crippen LogP contribution in [0.3, 0.4) is 0 Å². The predicted octanol–water partition coefficient (Wildman–Crippen LogP) is 1.04. The second-order valence-electron chi connectivity index (χ2n) is 3.87. The van der Waals surface area contributed by atoms with E-state index in [4.69, 9.17) is 9.47 Å². The van der Waals surface area contributed by atoms with Gasteiger partial charge in [0.05, 0.1) is 18.3 Å². The fraction of sp³-hybridized carbons (Fsp3) is 0.727. The van der Waals surface area contributed by atoms with Crippen LogP contribution >= 0.6 is 0 Å². The van der Waals surface area contributed by atoms with Gasteiger partial charge in [-0.25, -0.2) is 4.79 Å². The summed E-state index contributed by atoms with van der Waals surface area (Å²) in [6.07, 6.45) is 2.56. The maximum atomic E-state index is 11.4. The first kappa shape index (κ1) is 12.2. The molecule has 0 spiro atoms. The number of carbonyl (C=O) groups is 1. The van der Waals surface area contributed by atoms with E-state index in [1.165, 1.54) is 7.11 Å². The van der Waals surface area contributed by atoms with Gasteiger partial charge in [0.25, 0.3) is 0 Å². The van der Waals surface area contributed by atoms with Crippen LogP contribution < -0.4 is 0 Å². The normalized spacial score (nSPS) is 26.0. The molecule has 1 fully saturated rings. The first-order valence-electron chi connectivity index (χ1n) is 5.19. The molecular weight excluding hydrogens is 196 g/mol. The second kappa shape index (κ2) is 5.88. The molecule has 0 aromatic rings. The number of hydrogen-bond acceptors (Lipinski definition) is 4. The van der Waals surface area contributed by atoms with Crippen molar-refractivity contribution in [2.75, 3.05) is 13.7 Å². The van der Waals surface area contributed by atoms with Crippen LogP contribution in [0.25, 0.3) is 0 Å². The number of carbonyl (C=O) groups excluding carboxylic acids is 1. The molecule has 1 saturated carbocycles. The summed E-state index contributed by atoms with van der Waals surface area (Å²) in [6.45, 7) is 3.78. The molecule has 4 nitrogen and oxygen atoms in total. The lowest BCUT2D eigenvalue weighted by Gasteiger charge is -2.25. The van der Waals surface area contributed by atoms with Crippen LogP contribution in [0.1, 0.15) is 25.7 Å². The highest BCUT2D eigenvalue weighted by atomic mass is 16.5. The van der Waals surface area contributed by atoms with E-state index in [1.54, 1.807) is 0 Å². The van der Waals surface area contributed by atoms with Gasteiger partial charge in [-0.3, -0.25) is 0 Å². The minimum Gasteiger partial charge on any atom is -0.459 e. The summed E-state index contributed by atoms with van der Waals surface area (Å²) in [5.74, 6) is -0.391. The molecule has 0 atom stereocenters. The molecule has 0 aromatic heterocycles. The standard InChI is InChI=1S/C11H18O4/c1-8(7-14-2)11(13)15-10-5-3-9(12)4-6-10/h9-10,12H,1,3-7H2,2H3. The summed E-state index contributed by atoms with van der Waals surface area (Å²) >= 11 is 0. The van der Waals surface area contributed by atoms with Gasteiger partial charge in [-0.05, 0) is 25.7 Å². The zero-order chi connectivity index (χ0) is 11.3. The fourth-order valence-electron chi connectivity index (χ4n) is 1.63. The summed E-state index contributed by atoms with van der Waals surface area (Å²) in [6, 6.07) is 0. The molecular formula is C11H18O4. The Morgan fingerprint density at radius 3 is 2.53 bits per heavy atom. The molecule has 4 heteroatoms. The average molecular weight is 214 g/mol. The van der Waals surface area contributed by atoms with Crippen LogP contribution in [0.2, 0.25) is 0 Å². The summed E-state index contributed by atoms with van der Waals surface area (Å²) in [5.41, 5.74) is 0.337. The lowest BCUT2D eigenvalue weighted by molar-refractivity contribution is -0.147.